The Labute approximate surface area is 161 Å². The van der Waals surface area contributed by atoms with Crippen molar-refractivity contribution in [3.63, 3.8) is 0 Å². The number of benzene rings is 2. The van der Waals surface area contributed by atoms with E-state index in [-0.39, 0.29) is 24.1 Å². The third-order valence-electron chi connectivity index (χ3n) is 4.97. The zero-order valence-corrected chi connectivity index (χ0v) is 15.7. The number of fused-ring (bicyclic) bond motifs is 1. The van der Waals surface area contributed by atoms with E-state index in [0.29, 0.717) is 18.1 Å². The second-order valence-corrected chi connectivity index (χ2v) is 7.68. The summed E-state index contributed by atoms with van der Waals surface area (Å²) in [6.07, 6.45) is 0.223. The number of carbonyl (C=O) groups excluding carboxylic acids is 1. The van der Waals surface area contributed by atoms with Crippen molar-refractivity contribution in [1.29, 1.82) is 5.26 Å². The van der Waals surface area contributed by atoms with E-state index in [4.69, 9.17) is 0 Å². The van der Waals surface area contributed by atoms with Gasteiger partial charge in [0.2, 0.25) is 5.91 Å². The van der Waals surface area contributed by atoms with Gasteiger partial charge in [-0.2, -0.15) is 5.26 Å². The van der Waals surface area contributed by atoms with Gasteiger partial charge in [-0.15, -0.1) is 0 Å². The highest BCUT2D eigenvalue weighted by Crippen LogP contribution is 2.43. The fraction of sp³-hybridized carbons (Fsp3) is 0.238. The molecule has 0 spiro atoms. The Kier molecular flexibility index (Phi) is 4.63. The Morgan fingerprint density at radius 3 is 2.52 bits per heavy atom. The van der Waals surface area contributed by atoms with E-state index in [2.05, 4.69) is 23.1 Å². The van der Waals surface area contributed by atoms with Gasteiger partial charge in [-0.25, -0.2) is 4.39 Å². The summed E-state index contributed by atoms with van der Waals surface area (Å²) in [5.41, 5.74) is 3.64. The molecular weight excluding hydrogens is 361 g/mol. The highest BCUT2D eigenvalue weighted by Gasteiger charge is 2.38. The lowest BCUT2D eigenvalue weighted by molar-refractivity contribution is -0.129. The van der Waals surface area contributed by atoms with Gasteiger partial charge in [-0.3, -0.25) is 9.69 Å². The highest BCUT2D eigenvalue weighted by molar-refractivity contribution is 8.03. The van der Waals surface area contributed by atoms with Crippen LogP contribution in [-0.2, 0) is 4.79 Å². The summed E-state index contributed by atoms with van der Waals surface area (Å²) < 4.78 is 13.2. The number of carbonyl (C=O) groups is 1. The molecule has 1 saturated heterocycles. The summed E-state index contributed by atoms with van der Waals surface area (Å²) in [4.78, 5) is 16.7. The van der Waals surface area contributed by atoms with Gasteiger partial charge < -0.3 is 4.90 Å². The van der Waals surface area contributed by atoms with E-state index in [1.165, 1.54) is 29.5 Å². The quantitative estimate of drug-likeness (QED) is 0.778. The van der Waals surface area contributed by atoms with Gasteiger partial charge in [0.15, 0.2) is 0 Å². The number of nitriles is 1. The number of nitrogens with zero attached hydrogens (tertiary/aromatic N) is 3. The molecule has 0 radical (unpaired) electrons. The number of thioether (sulfide) groups is 1. The Hall–Kier alpha value is -2.78. The molecule has 1 amide bonds. The van der Waals surface area contributed by atoms with E-state index in [0.717, 1.165) is 16.3 Å². The molecule has 0 aliphatic carbocycles. The number of hydrogen-bond acceptors (Lipinski definition) is 4. The average molecular weight is 379 g/mol. The predicted molar refractivity (Wildman–Crippen MR) is 104 cm³/mol. The molecule has 2 aromatic rings. The van der Waals surface area contributed by atoms with Gasteiger partial charge in [0.05, 0.1) is 29.2 Å². The Bertz CT molecular complexity index is 947. The molecular formula is C21H18FN3OS. The average Bonchev–Trinajstić information content (AvgIpc) is 2.69. The molecule has 2 heterocycles. The third-order valence-corrected chi connectivity index (χ3v) is 6.12. The minimum atomic E-state index is -0.325. The summed E-state index contributed by atoms with van der Waals surface area (Å²) in [6.45, 7) is 2.48. The maximum Gasteiger partial charge on any atom is 0.229 e. The van der Waals surface area contributed by atoms with Gasteiger partial charge in [0, 0.05) is 18.0 Å². The summed E-state index contributed by atoms with van der Waals surface area (Å²) >= 11 is 1.51. The molecule has 6 heteroatoms. The van der Waals surface area contributed by atoms with Crippen molar-refractivity contribution < 1.29 is 9.18 Å². The van der Waals surface area contributed by atoms with E-state index >= 15 is 0 Å². The lowest BCUT2D eigenvalue weighted by atomic mass is 9.86. The van der Waals surface area contributed by atoms with Gasteiger partial charge in [0.25, 0.3) is 0 Å². The van der Waals surface area contributed by atoms with Crippen molar-refractivity contribution in [2.45, 2.75) is 19.3 Å². The number of rotatable bonds is 2. The van der Waals surface area contributed by atoms with Crippen molar-refractivity contribution in [3.05, 3.63) is 76.1 Å². The van der Waals surface area contributed by atoms with E-state index in [1.807, 2.05) is 19.1 Å². The Balaban J connectivity index is 1.65. The van der Waals surface area contributed by atoms with Gasteiger partial charge >= 0.3 is 0 Å². The van der Waals surface area contributed by atoms with Crippen molar-refractivity contribution in [3.8, 4) is 6.07 Å². The molecule has 0 unspecified atom stereocenters. The summed E-state index contributed by atoms with van der Waals surface area (Å²) in [7, 11) is 0. The fourth-order valence-corrected chi connectivity index (χ4v) is 4.63. The molecule has 136 valence electrons. The topological polar surface area (TPSA) is 47.3 Å². The largest absolute Gasteiger partial charge is 0.344 e. The lowest BCUT2D eigenvalue weighted by Crippen LogP contribution is -2.47. The maximum atomic E-state index is 13.2. The van der Waals surface area contributed by atoms with Crippen LogP contribution in [0.4, 0.5) is 10.1 Å². The molecule has 4 rings (SSSR count). The number of anilines is 1. The van der Waals surface area contributed by atoms with Gasteiger partial charge in [-0.05, 0) is 36.8 Å². The smallest absolute Gasteiger partial charge is 0.229 e. The van der Waals surface area contributed by atoms with Crippen molar-refractivity contribution in [1.82, 2.24) is 4.90 Å². The first-order valence-corrected chi connectivity index (χ1v) is 9.70. The Morgan fingerprint density at radius 1 is 1.15 bits per heavy atom. The molecule has 0 bridgehead atoms. The normalized spacial score (nSPS) is 19.7. The van der Waals surface area contributed by atoms with Crippen LogP contribution in [0.2, 0.25) is 0 Å². The molecule has 1 fully saturated rings. The van der Waals surface area contributed by atoms with Crippen LogP contribution in [0.25, 0.3) is 0 Å². The van der Waals surface area contributed by atoms with Crippen LogP contribution in [0.3, 0.4) is 0 Å². The van der Waals surface area contributed by atoms with Crippen molar-refractivity contribution in [2.24, 2.45) is 0 Å². The van der Waals surface area contributed by atoms with Crippen LogP contribution in [0, 0.1) is 24.1 Å². The fourth-order valence-electron chi connectivity index (χ4n) is 3.46. The van der Waals surface area contributed by atoms with Crippen molar-refractivity contribution >= 4 is 23.4 Å². The first-order valence-electron chi connectivity index (χ1n) is 8.71. The lowest BCUT2D eigenvalue weighted by Gasteiger charge is -2.42. The maximum absolute atomic E-state index is 13.2. The third kappa shape index (κ3) is 3.31. The van der Waals surface area contributed by atoms with E-state index < -0.39 is 0 Å². The summed E-state index contributed by atoms with van der Waals surface area (Å²) in [5.74, 6) is 0.0219. The summed E-state index contributed by atoms with van der Waals surface area (Å²) in [6, 6.07) is 16.6. The number of hydrogen-bond donors (Lipinski definition) is 0. The van der Waals surface area contributed by atoms with E-state index in [1.54, 1.807) is 17.0 Å². The van der Waals surface area contributed by atoms with Crippen LogP contribution in [0.5, 0.6) is 0 Å². The number of halogens is 1. The molecule has 0 saturated carbocycles. The zero-order valence-electron chi connectivity index (χ0n) is 14.9. The van der Waals surface area contributed by atoms with Crippen molar-refractivity contribution in [2.75, 3.05) is 17.4 Å². The van der Waals surface area contributed by atoms with Crippen LogP contribution >= 0.6 is 11.8 Å². The van der Waals surface area contributed by atoms with Crippen LogP contribution in [0.1, 0.15) is 23.5 Å². The minimum absolute atomic E-state index is 0.0114. The van der Waals surface area contributed by atoms with Gasteiger partial charge in [-0.1, -0.05) is 41.6 Å². The molecule has 2 aliphatic heterocycles. The Morgan fingerprint density at radius 2 is 1.85 bits per heavy atom. The molecule has 1 atom stereocenters. The standard InChI is InChI=1S/C21H18FN3OS/c1-14-2-8-17(9-3-14)24-12-25-20(26)10-18(15-4-6-16(22)7-5-15)19(11-23)21(25)27-13-24/h2-9,18H,10,12-13H2,1H3/t18-/m0/s1. The van der Waals surface area contributed by atoms with Crippen LogP contribution in [-0.4, -0.2) is 23.4 Å². The first-order chi connectivity index (χ1) is 13.1. The molecule has 4 nitrogen and oxygen atoms in total. The molecule has 27 heavy (non-hydrogen) atoms. The first kappa shape index (κ1) is 17.6. The minimum Gasteiger partial charge on any atom is -0.344 e. The predicted octanol–water partition coefficient (Wildman–Crippen LogP) is 4.35. The zero-order chi connectivity index (χ0) is 19.0. The van der Waals surface area contributed by atoms with E-state index in [9.17, 15) is 14.4 Å². The molecule has 2 aliphatic rings. The highest BCUT2D eigenvalue weighted by atomic mass is 32.2. The second kappa shape index (κ2) is 7.09. The molecule has 0 N–H and O–H groups in total. The van der Waals surface area contributed by atoms with Gasteiger partial charge in [0.1, 0.15) is 5.82 Å². The van der Waals surface area contributed by atoms with Crippen LogP contribution < -0.4 is 4.90 Å². The number of aryl methyl sites for hydroxylation is 1. The monoisotopic (exact) mass is 379 g/mol. The SMILES string of the molecule is Cc1ccc(N2CSC3=C(C#N)[C@H](c4ccc(F)cc4)CC(=O)N3C2)cc1. The summed E-state index contributed by atoms with van der Waals surface area (Å²) in [5, 5.41) is 10.5. The molecule has 0 aromatic heterocycles. The number of amides is 1. The number of allylic oxidation sites excluding steroid dienone is 1. The molecule has 2 aromatic carbocycles. The van der Waals surface area contributed by atoms with Crippen LogP contribution in [0.15, 0.2) is 59.1 Å². The second-order valence-electron chi connectivity index (χ2n) is 6.75.